The molecule has 2 aliphatic rings. The van der Waals surface area contributed by atoms with Gasteiger partial charge in [-0.2, -0.15) is 8.78 Å². The van der Waals surface area contributed by atoms with Gasteiger partial charge in [0.1, 0.15) is 0 Å². The maximum absolute atomic E-state index is 13.9. The molecule has 0 atom stereocenters. The predicted molar refractivity (Wildman–Crippen MR) is 125 cm³/mol. The Morgan fingerprint density at radius 1 is 0.848 bits per heavy atom. The SMILES string of the molecule is C/C=C/CCCCC1CCC(C2CCC(CCc3cc(F)c(OC(F)F)c(F)c3)CC2)CC1. The second-order valence-electron chi connectivity index (χ2n) is 10.2. The minimum Gasteiger partial charge on any atom is -0.429 e. The van der Waals surface area contributed by atoms with Crippen LogP contribution in [0.1, 0.15) is 96.0 Å². The molecule has 0 spiro atoms. The molecule has 0 N–H and O–H groups in total. The molecule has 0 amide bonds. The monoisotopic (exact) mass is 468 g/mol. The van der Waals surface area contributed by atoms with Crippen molar-refractivity contribution in [3.63, 3.8) is 0 Å². The largest absolute Gasteiger partial charge is 0.429 e. The molecular weight excluding hydrogens is 428 g/mol. The topological polar surface area (TPSA) is 9.23 Å². The summed E-state index contributed by atoms with van der Waals surface area (Å²) >= 11 is 0. The molecule has 0 aliphatic heterocycles. The fourth-order valence-corrected chi connectivity index (χ4v) is 6.09. The van der Waals surface area contributed by atoms with Crippen LogP contribution in [-0.4, -0.2) is 6.61 Å². The number of hydrogen-bond acceptors (Lipinski definition) is 1. The summed E-state index contributed by atoms with van der Waals surface area (Å²) in [4.78, 5) is 0. The van der Waals surface area contributed by atoms with Crippen LogP contribution in [0.4, 0.5) is 17.6 Å². The van der Waals surface area contributed by atoms with E-state index in [-0.39, 0.29) is 0 Å². The van der Waals surface area contributed by atoms with E-state index >= 15 is 0 Å². The molecule has 3 rings (SSSR count). The van der Waals surface area contributed by atoms with Crippen LogP contribution in [0.2, 0.25) is 0 Å². The Bertz CT molecular complexity index is 708. The second kappa shape index (κ2) is 13.4. The number of rotatable bonds is 11. The average Bonchev–Trinajstić information content (AvgIpc) is 2.81. The van der Waals surface area contributed by atoms with Gasteiger partial charge in [0, 0.05) is 0 Å². The highest BCUT2D eigenvalue weighted by molar-refractivity contribution is 5.31. The van der Waals surface area contributed by atoms with E-state index in [1.54, 1.807) is 0 Å². The van der Waals surface area contributed by atoms with Crippen molar-refractivity contribution in [1.29, 1.82) is 0 Å². The van der Waals surface area contributed by atoms with Crippen LogP contribution in [0, 0.1) is 35.3 Å². The summed E-state index contributed by atoms with van der Waals surface area (Å²) in [5, 5.41) is 0. The lowest BCUT2D eigenvalue weighted by molar-refractivity contribution is -0.0546. The van der Waals surface area contributed by atoms with Gasteiger partial charge < -0.3 is 4.74 Å². The molecule has 0 radical (unpaired) electrons. The number of halogens is 4. The molecule has 0 bridgehead atoms. The summed E-state index contributed by atoms with van der Waals surface area (Å²) in [6.45, 7) is -1.15. The Labute approximate surface area is 197 Å². The first-order chi connectivity index (χ1) is 16.0. The molecule has 1 aromatic carbocycles. The number of hydrogen-bond donors (Lipinski definition) is 0. The van der Waals surface area contributed by atoms with Crippen LogP contribution in [-0.2, 0) is 6.42 Å². The van der Waals surface area contributed by atoms with Crippen LogP contribution >= 0.6 is 0 Å². The third-order valence-corrected chi connectivity index (χ3v) is 8.02. The number of aryl methyl sites for hydroxylation is 1. The molecule has 5 heteroatoms. The number of unbranched alkanes of at least 4 members (excludes halogenated alkanes) is 2. The molecule has 1 nitrogen and oxygen atoms in total. The zero-order valence-corrected chi connectivity index (χ0v) is 20.0. The van der Waals surface area contributed by atoms with Gasteiger partial charge in [0.05, 0.1) is 0 Å². The normalized spacial score (nSPS) is 26.2. The molecule has 186 valence electrons. The first-order valence-corrected chi connectivity index (χ1v) is 13.0. The number of allylic oxidation sites excluding steroid dienone is 2. The highest BCUT2D eigenvalue weighted by Crippen LogP contribution is 2.43. The van der Waals surface area contributed by atoms with Crippen LogP contribution in [0.25, 0.3) is 0 Å². The lowest BCUT2D eigenvalue weighted by atomic mass is 9.68. The Kier molecular flexibility index (Phi) is 10.6. The zero-order chi connectivity index (χ0) is 23.6. The second-order valence-corrected chi connectivity index (χ2v) is 10.2. The van der Waals surface area contributed by atoms with Crippen molar-refractivity contribution in [2.45, 2.75) is 103 Å². The molecule has 0 heterocycles. The van der Waals surface area contributed by atoms with E-state index < -0.39 is 24.0 Å². The molecule has 0 saturated heterocycles. The summed E-state index contributed by atoms with van der Waals surface area (Å²) in [5.41, 5.74) is 0.512. The summed E-state index contributed by atoms with van der Waals surface area (Å²) < 4.78 is 56.4. The zero-order valence-electron chi connectivity index (χ0n) is 20.0. The van der Waals surface area contributed by atoms with Crippen molar-refractivity contribution in [3.8, 4) is 5.75 Å². The van der Waals surface area contributed by atoms with E-state index in [9.17, 15) is 17.6 Å². The smallest absolute Gasteiger partial charge is 0.387 e. The van der Waals surface area contributed by atoms with Gasteiger partial charge in [-0.05, 0) is 99.7 Å². The van der Waals surface area contributed by atoms with Crippen LogP contribution in [0.15, 0.2) is 24.3 Å². The summed E-state index contributed by atoms with van der Waals surface area (Å²) in [6, 6.07) is 2.26. The predicted octanol–water partition coefficient (Wildman–Crippen LogP) is 9.25. The van der Waals surface area contributed by atoms with Crippen molar-refractivity contribution in [3.05, 3.63) is 41.5 Å². The van der Waals surface area contributed by atoms with Gasteiger partial charge in [-0.3, -0.25) is 0 Å². The standard InChI is InChI=1S/C28H40F4O/c1-2-3-4-5-6-7-20-10-14-23(15-11-20)24-16-12-21(13-17-24)8-9-22-18-25(29)27(26(30)19-22)33-28(31)32/h2-3,18-21,23-24,28H,4-17H2,1H3/b3-2+. The van der Waals surface area contributed by atoms with Crippen molar-refractivity contribution in [2.75, 3.05) is 0 Å². The van der Waals surface area contributed by atoms with E-state index in [1.165, 1.54) is 77.0 Å². The fourth-order valence-electron chi connectivity index (χ4n) is 6.09. The van der Waals surface area contributed by atoms with E-state index in [4.69, 9.17) is 0 Å². The van der Waals surface area contributed by atoms with E-state index in [0.717, 1.165) is 36.3 Å². The van der Waals surface area contributed by atoms with Crippen molar-refractivity contribution >= 4 is 0 Å². The lowest BCUT2D eigenvalue weighted by Crippen LogP contribution is -2.26. The summed E-state index contributed by atoms with van der Waals surface area (Å²) in [6.07, 6.45) is 21.7. The van der Waals surface area contributed by atoms with E-state index in [2.05, 4.69) is 23.8 Å². The first-order valence-electron chi connectivity index (χ1n) is 13.0. The van der Waals surface area contributed by atoms with Crippen molar-refractivity contribution < 1.29 is 22.3 Å². The molecule has 1 aromatic rings. The fraction of sp³-hybridized carbons (Fsp3) is 0.714. The number of ether oxygens (including phenoxy) is 1. The lowest BCUT2D eigenvalue weighted by Gasteiger charge is -2.38. The Hall–Kier alpha value is -1.52. The van der Waals surface area contributed by atoms with Crippen molar-refractivity contribution in [2.24, 2.45) is 23.7 Å². The minimum absolute atomic E-state index is 0.512. The minimum atomic E-state index is -3.24. The molecule has 33 heavy (non-hydrogen) atoms. The maximum atomic E-state index is 13.9. The van der Waals surface area contributed by atoms with Gasteiger partial charge in [0.25, 0.3) is 0 Å². The maximum Gasteiger partial charge on any atom is 0.387 e. The summed E-state index contributed by atoms with van der Waals surface area (Å²) in [7, 11) is 0. The van der Waals surface area contributed by atoms with Crippen LogP contribution in [0.5, 0.6) is 5.75 Å². The van der Waals surface area contributed by atoms with Gasteiger partial charge in [-0.1, -0.05) is 50.7 Å². The highest BCUT2D eigenvalue weighted by Gasteiger charge is 2.30. The van der Waals surface area contributed by atoms with Gasteiger partial charge in [-0.15, -0.1) is 0 Å². The Morgan fingerprint density at radius 2 is 1.39 bits per heavy atom. The third-order valence-electron chi connectivity index (χ3n) is 8.02. The third kappa shape index (κ3) is 8.33. The van der Waals surface area contributed by atoms with Crippen molar-refractivity contribution in [1.82, 2.24) is 0 Å². The number of alkyl halides is 2. The molecule has 2 fully saturated rings. The molecule has 0 aromatic heterocycles. The van der Waals surface area contributed by atoms with Gasteiger partial charge >= 0.3 is 6.61 Å². The molecule has 2 aliphatic carbocycles. The van der Waals surface area contributed by atoms with Gasteiger partial charge in [0.15, 0.2) is 17.4 Å². The molecule has 0 unspecified atom stereocenters. The van der Waals surface area contributed by atoms with E-state index in [1.807, 2.05) is 0 Å². The quantitative estimate of drug-likeness (QED) is 0.179. The summed E-state index contributed by atoms with van der Waals surface area (Å²) in [5.74, 6) is 0.148. The Morgan fingerprint density at radius 3 is 1.91 bits per heavy atom. The number of benzene rings is 1. The molecule has 2 saturated carbocycles. The van der Waals surface area contributed by atoms with E-state index in [0.29, 0.717) is 17.9 Å². The highest BCUT2D eigenvalue weighted by atomic mass is 19.3. The molecular formula is C28H40F4O. The van der Waals surface area contributed by atoms with Gasteiger partial charge in [0.2, 0.25) is 0 Å². The van der Waals surface area contributed by atoms with Gasteiger partial charge in [-0.25, -0.2) is 8.78 Å². The van der Waals surface area contributed by atoms with Crippen LogP contribution in [0.3, 0.4) is 0 Å². The first kappa shape index (κ1) is 26.1. The average molecular weight is 469 g/mol. The Balaban J connectivity index is 1.34. The van der Waals surface area contributed by atoms with Crippen LogP contribution < -0.4 is 4.74 Å².